The number of nitrogens with zero attached hydrogens (tertiary/aromatic N) is 1. The van der Waals surface area contributed by atoms with Crippen molar-refractivity contribution in [2.24, 2.45) is 0 Å². The number of aromatic nitrogens is 1. The Bertz CT molecular complexity index is 1180. The van der Waals surface area contributed by atoms with Crippen LogP contribution in [0.4, 0.5) is 0 Å². The molecule has 4 aromatic carbocycles. The van der Waals surface area contributed by atoms with Crippen LogP contribution >= 0.6 is 0 Å². The molecule has 118 valence electrons. The molecule has 0 radical (unpaired) electrons. The zero-order valence-corrected chi connectivity index (χ0v) is 13.8. The fourth-order valence-corrected chi connectivity index (χ4v) is 3.64. The number of benzene rings is 4. The minimum absolute atomic E-state index is 1.22. The molecular formula is C24H17N. The molecule has 1 heterocycles. The number of hydrogen-bond acceptors (Lipinski definition) is 0. The summed E-state index contributed by atoms with van der Waals surface area (Å²) in [6.07, 6.45) is 0. The molecule has 0 aliphatic carbocycles. The number of hydrogen-bond donors (Lipinski definition) is 0. The third kappa shape index (κ3) is 2.25. The number of rotatable bonds is 2. The minimum atomic E-state index is 1.22. The molecule has 0 unspecified atom stereocenters. The van der Waals surface area contributed by atoms with E-state index >= 15 is 0 Å². The van der Waals surface area contributed by atoms with Crippen LogP contribution < -0.4 is 0 Å². The molecule has 0 saturated heterocycles. The van der Waals surface area contributed by atoms with Gasteiger partial charge in [-0.15, -0.1) is 0 Å². The van der Waals surface area contributed by atoms with E-state index < -0.39 is 0 Å². The summed E-state index contributed by atoms with van der Waals surface area (Å²) in [7, 11) is 0. The van der Waals surface area contributed by atoms with Crippen LogP contribution in [0.3, 0.4) is 0 Å². The lowest BCUT2D eigenvalue weighted by Gasteiger charge is -2.14. The van der Waals surface area contributed by atoms with Gasteiger partial charge in [0.15, 0.2) is 0 Å². The molecule has 1 heteroatoms. The Balaban J connectivity index is 1.92. The van der Waals surface area contributed by atoms with E-state index in [1.165, 1.54) is 38.6 Å². The highest BCUT2D eigenvalue weighted by Crippen LogP contribution is 2.34. The largest absolute Gasteiger partial charge is 0.309 e. The SMILES string of the molecule is c1ccc(-c2cc3ccccc3n2-c2cccc3ccccc23)cc1. The van der Waals surface area contributed by atoms with Crippen LogP contribution in [0.15, 0.2) is 103 Å². The summed E-state index contributed by atoms with van der Waals surface area (Å²) >= 11 is 0. The molecule has 25 heavy (non-hydrogen) atoms. The van der Waals surface area contributed by atoms with Crippen molar-refractivity contribution in [3.63, 3.8) is 0 Å². The molecule has 5 aromatic rings. The fraction of sp³-hybridized carbons (Fsp3) is 0. The van der Waals surface area contributed by atoms with Gasteiger partial charge in [-0.1, -0.05) is 84.9 Å². The van der Waals surface area contributed by atoms with Gasteiger partial charge in [0.05, 0.1) is 16.9 Å². The van der Waals surface area contributed by atoms with Crippen molar-refractivity contribution < 1.29 is 0 Å². The minimum Gasteiger partial charge on any atom is -0.309 e. The van der Waals surface area contributed by atoms with Crippen LogP contribution in [0, 0.1) is 0 Å². The maximum atomic E-state index is 2.38. The van der Waals surface area contributed by atoms with Gasteiger partial charge < -0.3 is 4.57 Å². The average Bonchev–Trinajstić information content (AvgIpc) is 3.08. The van der Waals surface area contributed by atoms with Gasteiger partial charge in [-0.2, -0.15) is 0 Å². The van der Waals surface area contributed by atoms with Gasteiger partial charge in [0.2, 0.25) is 0 Å². The standard InChI is InChI=1S/C24H17N/c1-2-10-19(11-3-1)24-17-20-12-5-7-15-22(20)25(24)23-16-8-13-18-9-4-6-14-21(18)23/h1-17H. The highest BCUT2D eigenvalue weighted by Gasteiger charge is 2.13. The predicted molar refractivity (Wildman–Crippen MR) is 106 cm³/mol. The summed E-state index contributed by atoms with van der Waals surface area (Å²) < 4.78 is 2.38. The second kappa shape index (κ2) is 5.64. The first kappa shape index (κ1) is 14.1. The first-order chi connectivity index (χ1) is 12.4. The third-order valence-electron chi connectivity index (χ3n) is 4.79. The van der Waals surface area contributed by atoms with Crippen molar-refractivity contribution in [2.45, 2.75) is 0 Å². The normalized spacial score (nSPS) is 11.2. The van der Waals surface area contributed by atoms with Crippen LogP contribution in [0.1, 0.15) is 0 Å². The van der Waals surface area contributed by atoms with E-state index in [0.717, 1.165) is 0 Å². The molecule has 0 atom stereocenters. The molecule has 0 N–H and O–H groups in total. The van der Waals surface area contributed by atoms with Crippen LogP contribution in [0.25, 0.3) is 38.6 Å². The van der Waals surface area contributed by atoms with Gasteiger partial charge in [-0.25, -0.2) is 0 Å². The quantitative estimate of drug-likeness (QED) is 0.352. The maximum absolute atomic E-state index is 2.38. The third-order valence-corrected chi connectivity index (χ3v) is 4.79. The smallest absolute Gasteiger partial charge is 0.0541 e. The Kier molecular flexibility index (Phi) is 3.17. The summed E-state index contributed by atoms with van der Waals surface area (Å²) in [6.45, 7) is 0. The van der Waals surface area contributed by atoms with Gasteiger partial charge in [0.25, 0.3) is 0 Å². The molecular weight excluding hydrogens is 302 g/mol. The Morgan fingerprint density at radius 2 is 1.20 bits per heavy atom. The number of para-hydroxylation sites is 1. The van der Waals surface area contributed by atoms with Gasteiger partial charge in [-0.3, -0.25) is 0 Å². The van der Waals surface area contributed by atoms with Gasteiger partial charge >= 0.3 is 0 Å². The van der Waals surface area contributed by atoms with E-state index in [1.807, 2.05) is 0 Å². The molecule has 1 nitrogen and oxygen atoms in total. The van der Waals surface area contributed by atoms with Crippen LogP contribution in [0.5, 0.6) is 0 Å². The zero-order chi connectivity index (χ0) is 16.6. The lowest BCUT2D eigenvalue weighted by atomic mass is 10.1. The van der Waals surface area contributed by atoms with Crippen molar-refractivity contribution >= 4 is 21.7 Å². The summed E-state index contributed by atoms with van der Waals surface area (Å²) in [6, 6.07) is 36.6. The maximum Gasteiger partial charge on any atom is 0.0541 e. The van der Waals surface area contributed by atoms with Crippen LogP contribution in [-0.2, 0) is 0 Å². The molecule has 0 amide bonds. The monoisotopic (exact) mass is 319 g/mol. The summed E-state index contributed by atoms with van der Waals surface area (Å²) in [5, 5.41) is 3.79. The zero-order valence-electron chi connectivity index (χ0n) is 13.8. The molecule has 0 aliphatic heterocycles. The highest BCUT2D eigenvalue weighted by atomic mass is 15.0. The van der Waals surface area contributed by atoms with Crippen molar-refractivity contribution in [3.05, 3.63) is 103 Å². The van der Waals surface area contributed by atoms with Crippen molar-refractivity contribution in [3.8, 4) is 16.9 Å². The first-order valence-electron chi connectivity index (χ1n) is 8.56. The topological polar surface area (TPSA) is 4.93 Å². The van der Waals surface area contributed by atoms with E-state index in [1.54, 1.807) is 0 Å². The van der Waals surface area contributed by atoms with Crippen LogP contribution in [-0.4, -0.2) is 4.57 Å². The molecule has 0 spiro atoms. The Labute approximate surface area is 146 Å². The second-order valence-corrected chi connectivity index (χ2v) is 6.29. The van der Waals surface area contributed by atoms with E-state index in [9.17, 15) is 0 Å². The van der Waals surface area contributed by atoms with E-state index in [2.05, 4.69) is 108 Å². The summed E-state index contributed by atoms with van der Waals surface area (Å²) in [4.78, 5) is 0. The molecule has 0 fully saturated rings. The van der Waals surface area contributed by atoms with Gasteiger partial charge in [0.1, 0.15) is 0 Å². The Morgan fingerprint density at radius 3 is 2.08 bits per heavy atom. The molecule has 5 rings (SSSR count). The molecule has 0 aliphatic rings. The predicted octanol–water partition coefficient (Wildman–Crippen LogP) is 6.45. The summed E-state index contributed by atoms with van der Waals surface area (Å²) in [5.74, 6) is 0. The lowest BCUT2D eigenvalue weighted by Crippen LogP contribution is -1.97. The van der Waals surface area contributed by atoms with E-state index in [-0.39, 0.29) is 0 Å². The molecule has 1 aromatic heterocycles. The fourth-order valence-electron chi connectivity index (χ4n) is 3.64. The molecule has 0 saturated carbocycles. The highest BCUT2D eigenvalue weighted by molar-refractivity contribution is 5.96. The average molecular weight is 319 g/mol. The molecule has 0 bridgehead atoms. The van der Waals surface area contributed by atoms with Gasteiger partial charge in [0, 0.05) is 10.8 Å². The van der Waals surface area contributed by atoms with Crippen molar-refractivity contribution in [2.75, 3.05) is 0 Å². The van der Waals surface area contributed by atoms with E-state index in [0.29, 0.717) is 0 Å². The van der Waals surface area contributed by atoms with Crippen molar-refractivity contribution in [1.29, 1.82) is 0 Å². The first-order valence-corrected chi connectivity index (χ1v) is 8.56. The van der Waals surface area contributed by atoms with Crippen molar-refractivity contribution in [1.82, 2.24) is 4.57 Å². The second-order valence-electron chi connectivity index (χ2n) is 6.29. The summed E-state index contributed by atoms with van der Waals surface area (Å²) in [5.41, 5.74) is 4.90. The van der Waals surface area contributed by atoms with Crippen LogP contribution in [0.2, 0.25) is 0 Å². The Hall–Kier alpha value is -3.32. The van der Waals surface area contributed by atoms with Gasteiger partial charge in [-0.05, 0) is 29.1 Å². The Morgan fingerprint density at radius 1 is 0.520 bits per heavy atom. The number of fused-ring (bicyclic) bond motifs is 2. The van der Waals surface area contributed by atoms with E-state index in [4.69, 9.17) is 0 Å². The lowest BCUT2D eigenvalue weighted by molar-refractivity contribution is 1.15.